The number of nitrogens with zero attached hydrogens (tertiary/aromatic N) is 2. The van der Waals surface area contributed by atoms with Gasteiger partial charge in [-0.15, -0.1) is 0 Å². The first-order valence-electron chi connectivity index (χ1n) is 9.47. The first kappa shape index (κ1) is 18.5. The maximum absolute atomic E-state index is 12.5. The molecule has 0 spiro atoms. The minimum Gasteiger partial charge on any atom is -0.307 e. The fourth-order valence-corrected chi connectivity index (χ4v) is 3.28. The average molecular weight is 376 g/mol. The Morgan fingerprint density at radius 2 is 1.69 bits per heavy atom. The van der Waals surface area contributed by atoms with Crippen LogP contribution in [0, 0.1) is 11.8 Å². The Morgan fingerprint density at radius 3 is 2.48 bits per heavy atom. The van der Waals surface area contributed by atoms with E-state index in [1.54, 1.807) is 24.2 Å². The molecule has 0 bridgehead atoms. The molecule has 0 aliphatic heterocycles. The van der Waals surface area contributed by atoms with E-state index in [1.807, 2.05) is 48.5 Å². The third kappa shape index (κ3) is 4.34. The summed E-state index contributed by atoms with van der Waals surface area (Å²) in [7, 11) is 0. The summed E-state index contributed by atoms with van der Waals surface area (Å²) in [6.07, 6.45) is 3.45. The van der Waals surface area contributed by atoms with Crippen molar-refractivity contribution in [2.24, 2.45) is 0 Å². The van der Waals surface area contributed by atoms with Crippen LogP contribution < -0.4 is 4.90 Å². The molecule has 3 aromatic carbocycles. The lowest BCUT2D eigenvalue weighted by molar-refractivity contribution is -0.116. The molecule has 4 rings (SSSR count). The predicted octanol–water partition coefficient (Wildman–Crippen LogP) is 5.19. The Kier molecular flexibility index (Phi) is 5.36. The van der Waals surface area contributed by atoms with Gasteiger partial charge in [-0.2, -0.15) is 0 Å². The zero-order chi connectivity index (χ0) is 20.1. The van der Waals surface area contributed by atoms with Gasteiger partial charge in [0.15, 0.2) is 0 Å². The Morgan fingerprint density at radius 1 is 0.897 bits per heavy atom. The summed E-state index contributed by atoms with van der Waals surface area (Å²) < 4.78 is 0. The van der Waals surface area contributed by atoms with Crippen LogP contribution in [0.15, 0.2) is 91.3 Å². The number of aromatic nitrogens is 1. The number of carbonyl (C=O) groups is 1. The number of pyridine rings is 1. The van der Waals surface area contributed by atoms with Gasteiger partial charge in [0.25, 0.3) is 0 Å². The van der Waals surface area contributed by atoms with Crippen LogP contribution in [0.4, 0.5) is 5.69 Å². The molecule has 0 unspecified atom stereocenters. The molecule has 0 saturated heterocycles. The second kappa shape index (κ2) is 8.41. The van der Waals surface area contributed by atoms with E-state index in [0.717, 1.165) is 27.8 Å². The van der Waals surface area contributed by atoms with E-state index < -0.39 is 0 Å². The van der Waals surface area contributed by atoms with Gasteiger partial charge in [0, 0.05) is 30.4 Å². The van der Waals surface area contributed by atoms with E-state index in [9.17, 15) is 4.79 Å². The fraction of sp³-hybridized carbons (Fsp3) is 0.0769. The Bertz CT molecular complexity index is 1220. The molecular weight excluding hydrogens is 356 g/mol. The van der Waals surface area contributed by atoms with Crippen molar-refractivity contribution in [3.05, 3.63) is 108 Å². The topological polar surface area (TPSA) is 33.2 Å². The van der Waals surface area contributed by atoms with Gasteiger partial charge in [0.05, 0.1) is 12.2 Å². The van der Waals surface area contributed by atoms with Crippen molar-refractivity contribution < 1.29 is 4.79 Å². The zero-order valence-corrected chi connectivity index (χ0v) is 16.2. The van der Waals surface area contributed by atoms with E-state index in [2.05, 4.69) is 47.2 Å². The van der Waals surface area contributed by atoms with Crippen molar-refractivity contribution in [2.75, 3.05) is 4.90 Å². The number of amides is 1. The number of fused-ring (bicyclic) bond motifs is 1. The first-order valence-corrected chi connectivity index (χ1v) is 9.47. The highest BCUT2D eigenvalue weighted by atomic mass is 16.2. The van der Waals surface area contributed by atoms with Gasteiger partial charge in [-0.05, 0) is 46.7 Å². The Hall–Kier alpha value is -3.90. The number of rotatable bonds is 3. The summed E-state index contributed by atoms with van der Waals surface area (Å²) in [6, 6.07) is 26.1. The summed E-state index contributed by atoms with van der Waals surface area (Å²) in [6.45, 7) is 2.08. The number of hydrogen-bond acceptors (Lipinski definition) is 2. The quantitative estimate of drug-likeness (QED) is 0.461. The molecular formula is C26H20N2O. The molecule has 1 heterocycles. The highest BCUT2D eigenvalue weighted by Gasteiger charge is 2.15. The minimum absolute atomic E-state index is 0.0196. The van der Waals surface area contributed by atoms with Crippen LogP contribution in [0.25, 0.3) is 10.8 Å². The Labute approximate surface area is 170 Å². The summed E-state index contributed by atoms with van der Waals surface area (Å²) in [5, 5.41) is 2.35. The molecule has 3 nitrogen and oxygen atoms in total. The lowest BCUT2D eigenvalue weighted by Gasteiger charge is -2.23. The number of anilines is 1. The van der Waals surface area contributed by atoms with E-state index in [-0.39, 0.29) is 5.91 Å². The molecule has 29 heavy (non-hydrogen) atoms. The molecule has 0 radical (unpaired) electrons. The van der Waals surface area contributed by atoms with Gasteiger partial charge in [-0.25, -0.2) is 0 Å². The fourth-order valence-electron chi connectivity index (χ4n) is 3.28. The van der Waals surface area contributed by atoms with Crippen LogP contribution in [0.5, 0.6) is 0 Å². The maximum atomic E-state index is 12.5. The lowest BCUT2D eigenvalue weighted by Crippen LogP contribution is -2.28. The monoisotopic (exact) mass is 376 g/mol. The van der Waals surface area contributed by atoms with Crippen molar-refractivity contribution in [1.29, 1.82) is 0 Å². The van der Waals surface area contributed by atoms with E-state index >= 15 is 0 Å². The third-order valence-electron chi connectivity index (χ3n) is 4.73. The minimum atomic E-state index is -0.0196. The van der Waals surface area contributed by atoms with Crippen molar-refractivity contribution in [3.8, 4) is 11.8 Å². The first-order chi connectivity index (χ1) is 14.2. The SMILES string of the molecule is CC(=O)N(Cc1ccc2ccccc2c1)c1ccccc1C#Cc1cccnc1. The highest BCUT2D eigenvalue weighted by Crippen LogP contribution is 2.24. The molecule has 1 amide bonds. The highest BCUT2D eigenvalue weighted by molar-refractivity contribution is 5.93. The molecule has 4 aromatic rings. The zero-order valence-electron chi connectivity index (χ0n) is 16.2. The second-order valence-corrected chi connectivity index (χ2v) is 6.80. The van der Waals surface area contributed by atoms with Gasteiger partial charge in [0.1, 0.15) is 0 Å². The smallest absolute Gasteiger partial charge is 0.224 e. The molecule has 0 saturated carbocycles. The second-order valence-electron chi connectivity index (χ2n) is 6.80. The van der Waals surface area contributed by atoms with Crippen molar-refractivity contribution in [1.82, 2.24) is 4.98 Å². The van der Waals surface area contributed by atoms with E-state index in [0.29, 0.717) is 6.54 Å². The molecule has 0 aliphatic rings. The van der Waals surface area contributed by atoms with Crippen LogP contribution in [0.3, 0.4) is 0 Å². The van der Waals surface area contributed by atoms with E-state index in [1.165, 1.54) is 5.39 Å². The standard InChI is InChI=1S/C26H20N2O/c1-20(29)28(19-22-13-14-23-8-2-3-10-25(23)17-22)26-11-5-4-9-24(26)15-12-21-7-6-16-27-18-21/h2-11,13-14,16-18H,19H2,1H3. The molecule has 0 N–H and O–H groups in total. The van der Waals surface area contributed by atoms with Crippen LogP contribution in [-0.4, -0.2) is 10.9 Å². The molecule has 0 fully saturated rings. The van der Waals surface area contributed by atoms with Crippen LogP contribution in [0.1, 0.15) is 23.6 Å². The predicted molar refractivity (Wildman–Crippen MR) is 117 cm³/mol. The maximum Gasteiger partial charge on any atom is 0.224 e. The van der Waals surface area contributed by atoms with Gasteiger partial charge in [-0.3, -0.25) is 9.78 Å². The number of carbonyl (C=O) groups excluding carboxylic acids is 1. The summed E-state index contributed by atoms with van der Waals surface area (Å²) in [5.41, 5.74) is 3.54. The van der Waals surface area contributed by atoms with Gasteiger partial charge in [0.2, 0.25) is 5.91 Å². The normalized spacial score (nSPS) is 10.2. The summed E-state index contributed by atoms with van der Waals surface area (Å²) in [5.74, 6) is 6.31. The van der Waals surface area contributed by atoms with Crippen LogP contribution in [-0.2, 0) is 11.3 Å². The molecule has 1 aromatic heterocycles. The third-order valence-corrected chi connectivity index (χ3v) is 4.73. The largest absolute Gasteiger partial charge is 0.307 e. The van der Waals surface area contributed by atoms with Crippen molar-refractivity contribution in [2.45, 2.75) is 13.5 Å². The Balaban J connectivity index is 1.68. The van der Waals surface area contributed by atoms with Crippen LogP contribution in [0.2, 0.25) is 0 Å². The summed E-state index contributed by atoms with van der Waals surface area (Å²) >= 11 is 0. The molecule has 0 atom stereocenters. The summed E-state index contributed by atoms with van der Waals surface area (Å²) in [4.78, 5) is 18.4. The van der Waals surface area contributed by atoms with Crippen molar-refractivity contribution >= 4 is 22.4 Å². The van der Waals surface area contributed by atoms with Gasteiger partial charge in [-0.1, -0.05) is 60.4 Å². The van der Waals surface area contributed by atoms with Gasteiger partial charge >= 0.3 is 0 Å². The molecule has 140 valence electrons. The number of hydrogen-bond donors (Lipinski definition) is 0. The molecule has 3 heteroatoms. The van der Waals surface area contributed by atoms with Crippen molar-refractivity contribution in [3.63, 3.8) is 0 Å². The number of para-hydroxylation sites is 1. The average Bonchev–Trinajstić information content (AvgIpc) is 2.77. The van der Waals surface area contributed by atoms with Gasteiger partial charge < -0.3 is 4.90 Å². The lowest BCUT2D eigenvalue weighted by atomic mass is 10.1. The molecule has 0 aliphatic carbocycles. The van der Waals surface area contributed by atoms with E-state index in [4.69, 9.17) is 0 Å². The van der Waals surface area contributed by atoms with Crippen LogP contribution >= 0.6 is 0 Å². The number of benzene rings is 3.